The normalized spacial score (nSPS) is 12.2. The van der Waals surface area contributed by atoms with Crippen LogP contribution in [-0.4, -0.2) is 8.42 Å². The van der Waals surface area contributed by atoms with Crippen LogP contribution < -0.4 is 14.2 Å². The van der Waals surface area contributed by atoms with E-state index in [1.165, 1.54) is 32.3 Å². The average molecular weight is 1070 g/mol. The second-order valence-corrected chi connectivity index (χ2v) is 24.5. The first-order chi connectivity index (χ1) is 38.7. The standard InChI is InChI=1S/C71H54O6S2/c1-48-27-40-71(49(2)41-48)79(72,73)77-78(59-34-28-56(29-35-59)74-45-53-42-50-15-3-6-18-62(50)68-24-12-9-21-65(53)68,60-36-30-57(31-37-60)75-46-54-43-51-16-4-7-19-63(51)69-25-13-10-22-66(54)69)61-38-32-58(33-39-61)76-47-55-44-52-17-5-8-20-64(52)70-26-14-11-23-67(55)70/h3-44H,45-47H2,1-2H3. The van der Waals surface area contributed by atoms with Crippen molar-refractivity contribution in [3.8, 4) is 17.2 Å². The highest BCUT2D eigenvalue weighted by molar-refractivity contribution is 8.33. The van der Waals surface area contributed by atoms with Gasteiger partial charge >= 0.3 is 10.1 Å². The molecule has 0 aliphatic carbocycles. The van der Waals surface area contributed by atoms with Crippen molar-refractivity contribution in [2.75, 3.05) is 0 Å². The second kappa shape index (κ2) is 20.8. The number of ether oxygens (including phenoxy) is 3. The van der Waals surface area contributed by atoms with Crippen LogP contribution in [0.4, 0.5) is 0 Å². The van der Waals surface area contributed by atoms with Gasteiger partial charge < -0.3 is 14.2 Å². The Morgan fingerprint density at radius 1 is 0.316 bits per heavy atom. The van der Waals surface area contributed by atoms with E-state index >= 15 is 8.42 Å². The molecule has 79 heavy (non-hydrogen) atoms. The van der Waals surface area contributed by atoms with Crippen molar-refractivity contribution < 1.29 is 26.3 Å². The highest BCUT2D eigenvalue weighted by Crippen LogP contribution is 2.70. The zero-order chi connectivity index (χ0) is 53.5. The summed E-state index contributed by atoms with van der Waals surface area (Å²) in [6.07, 6.45) is 0. The number of benzene rings is 13. The third kappa shape index (κ3) is 9.48. The number of aryl methyl sites for hydroxylation is 2. The van der Waals surface area contributed by atoms with Gasteiger partial charge in [-0.15, -0.1) is 0 Å². The van der Waals surface area contributed by atoms with Crippen LogP contribution in [0, 0.1) is 13.8 Å². The van der Waals surface area contributed by atoms with Gasteiger partial charge in [0.15, 0.2) is 0 Å². The monoisotopic (exact) mass is 1070 g/mol. The highest BCUT2D eigenvalue weighted by Gasteiger charge is 2.39. The van der Waals surface area contributed by atoms with Gasteiger partial charge in [0, 0.05) is 14.7 Å². The summed E-state index contributed by atoms with van der Waals surface area (Å²) < 4.78 is 57.2. The fourth-order valence-corrected chi connectivity index (χ4v) is 16.6. The lowest BCUT2D eigenvalue weighted by Crippen LogP contribution is -2.15. The van der Waals surface area contributed by atoms with Crippen LogP contribution in [-0.2, 0) is 33.6 Å². The molecule has 0 fully saturated rings. The molecule has 386 valence electrons. The number of hydrogen-bond donors (Lipinski definition) is 0. The number of rotatable bonds is 15. The number of hydrogen-bond acceptors (Lipinski definition) is 6. The predicted molar refractivity (Wildman–Crippen MR) is 323 cm³/mol. The zero-order valence-corrected chi connectivity index (χ0v) is 45.3. The van der Waals surface area contributed by atoms with E-state index in [0.717, 1.165) is 54.6 Å². The molecule has 0 aliphatic rings. The van der Waals surface area contributed by atoms with Gasteiger partial charge in [-0.25, -0.2) is 3.63 Å². The fraction of sp³-hybridized carbons (Fsp3) is 0.0704. The molecule has 0 aliphatic heterocycles. The van der Waals surface area contributed by atoms with Gasteiger partial charge in [0.1, 0.15) is 37.1 Å². The maximum absolute atomic E-state index is 15.2. The van der Waals surface area contributed by atoms with Gasteiger partial charge in [0.25, 0.3) is 0 Å². The van der Waals surface area contributed by atoms with E-state index in [9.17, 15) is 0 Å². The van der Waals surface area contributed by atoms with Crippen LogP contribution in [0.2, 0.25) is 0 Å². The molecule has 13 rings (SSSR count). The third-order valence-corrected chi connectivity index (χ3v) is 20.3. The molecule has 8 heteroatoms. The van der Waals surface area contributed by atoms with E-state index in [0.29, 0.717) is 57.3 Å². The molecule has 0 amide bonds. The fourth-order valence-electron chi connectivity index (χ4n) is 11.2. The van der Waals surface area contributed by atoms with Crippen LogP contribution in [0.1, 0.15) is 27.8 Å². The largest absolute Gasteiger partial charge is 0.489 e. The molecule has 13 aromatic carbocycles. The van der Waals surface area contributed by atoms with Crippen molar-refractivity contribution >= 4 is 85.1 Å². The van der Waals surface area contributed by atoms with Gasteiger partial charge in [0.05, 0.1) is 4.90 Å². The van der Waals surface area contributed by atoms with Crippen molar-refractivity contribution in [1.82, 2.24) is 0 Å². The summed E-state index contributed by atoms with van der Waals surface area (Å²) in [5, 5.41) is 13.9. The lowest BCUT2D eigenvalue weighted by atomic mass is 9.98. The molecule has 0 unspecified atom stereocenters. The minimum absolute atomic E-state index is 0.0997. The maximum Gasteiger partial charge on any atom is 0.307 e. The van der Waals surface area contributed by atoms with Crippen LogP contribution in [0.25, 0.3) is 64.6 Å². The summed E-state index contributed by atoms with van der Waals surface area (Å²) in [5.41, 5.74) is 4.73. The molecule has 0 radical (unpaired) electrons. The molecule has 0 saturated heterocycles. The summed E-state index contributed by atoms with van der Waals surface area (Å²) in [7, 11) is -7.58. The quantitative estimate of drug-likeness (QED) is 0.0953. The van der Waals surface area contributed by atoms with Crippen LogP contribution >= 0.6 is 10.3 Å². The van der Waals surface area contributed by atoms with E-state index < -0.39 is 20.4 Å². The Kier molecular flexibility index (Phi) is 13.1. The van der Waals surface area contributed by atoms with Crippen molar-refractivity contribution in [1.29, 1.82) is 0 Å². The van der Waals surface area contributed by atoms with E-state index in [-0.39, 0.29) is 4.90 Å². The van der Waals surface area contributed by atoms with Gasteiger partial charge in [-0.3, -0.25) is 0 Å². The highest BCUT2D eigenvalue weighted by atomic mass is 32.3. The van der Waals surface area contributed by atoms with Gasteiger partial charge in [-0.1, -0.05) is 163 Å². The minimum Gasteiger partial charge on any atom is -0.489 e. The van der Waals surface area contributed by atoms with Gasteiger partial charge in [-0.05, 0) is 208 Å². The number of fused-ring (bicyclic) bond motifs is 9. The topological polar surface area (TPSA) is 71.1 Å². The first-order valence-corrected chi connectivity index (χ1v) is 29.4. The van der Waals surface area contributed by atoms with Crippen LogP contribution in [0.5, 0.6) is 17.2 Å². The lowest BCUT2D eigenvalue weighted by molar-refractivity contribution is 0.307. The Morgan fingerprint density at radius 3 is 0.949 bits per heavy atom. The van der Waals surface area contributed by atoms with Crippen LogP contribution in [0.3, 0.4) is 0 Å². The maximum atomic E-state index is 15.2. The molecule has 0 saturated carbocycles. The first-order valence-electron chi connectivity index (χ1n) is 26.4. The molecule has 13 aromatic rings. The molecular formula is C71H54O6S2. The van der Waals surface area contributed by atoms with Crippen molar-refractivity contribution in [2.45, 2.75) is 53.3 Å². The molecular weight excluding hydrogens is 1010 g/mol. The summed E-state index contributed by atoms with van der Waals surface area (Å²) in [6, 6.07) is 85.4. The summed E-state index contributed by atoms with van der Waals surface area (Å²) in [4.78, 5) is 2.05. The van der Waals surface area contributed by atoms with E-state index in [4.69, 9.17) is 17.8 Å². The Morgan fingerprint density at radius 2 is 0.620 bits per heavy atom. The molecule has 0 bridgehead atoms. The first kappa shape index (κ1) is 49.6. The van der Waals surface area contributed by atoms with Crippen molar-refractivity contribution in [3.63, 3.8) is 0 Å². The molecule has 0 aromatic heterocycles. The zero-order valence-electron chi connectivity index (χ0n) is 43.6. The predicted octanol–water partition coefficient (Wildman–Crippen LogP) is 18.6. The Labute approximate surface area is 461 Å². The molecule has 0 N–H and O–H groups in total. The Balaban J connectivity index is 0.894. The smallest absolute Gasteiger partial charge is 0.307 e. The third-order valence-electron chi connectivity index (χ3n) is 15.0. The molecule has 0 spiro atoms. The van der Waals surface area contributed by atoms with E-state index in [2.05, 4.69) is 164 Å². The molecule has 0 atom stereocenters. The van der Waals surface area contributed by atoms with E-state index in [1.54, 1.807) is 19.1 Å². The van der Waals surface area contributed by atoms with Crippen molar-refractivity contribution in [3.05, 3.63) is 283 Å². The van der Waals surface area contributed by atoms with Crippen LogP contribution in [0.15, 0.2) is 274 Å². The summed E-state index contributed by atoms with van der Waals surface area (Å²) >= 11 is 0. The van der Waals surface area contributed by atoms with Crippen molar-refractivity contribution in [2.24, 2.45) is 0 Å². The lowest BCUT2D eigenvalue weighted by Gasteiger charge is -2.39. The minimum atomic E-state index is -4.45. The SMILES string of the molecule is Cc1ccc(S(=O)(=O)OS(c2ccc(OCc3cc4ccccc4c4ccccc34)cc2)(c2ccc(OCc3cc4ccccc4c4ccccc34)cc2)c2ccc(OCc3cc4ccccc4c4ccccc34)cc2)c(C)c1. The second-order valence-electron chi connectivity index (χ2n) is 20.0. The summed E-state index contributed by atoms with van der Waals surface area (Å²) in [6.45, 7) is 4.73. The Bertz CT molecular complexity index is 4160. The van der Waals surface area contributed by atoms with E-state index in [1.807, 2.05) is 85.8 Å². The Hall–Kier alpha value is -8.92. The molecule has 0 heterocycles. The average Bonchev–Trinajstić information content (AvgIpc) is 3.62. The summed E-state index contributed by atoms with van der Waals surface area (Å²) in [5.74, 6) is 1.88. The van der Waals surface area contributed by atoms with Gasteiger partial charge in [-0.2, -0.15) is 8.42 Å². The molecule has 6 nitrogen and oxygen atoms in total. The van der Waals surface area contributed by atoms with Gasteiger partial charge in [0.2, 0.25) is 0 Å².